The Morgan fingerprint density at radius 1 is 1.00 bits per heavy atom. The first kappa shape index (κ1) is 19.0. The molecule has 0 aromatic carbocycles. The molecule has 7 heteroatoms. The minimum atomic E-state index is -3.33. The lowest BCUT2D eigenvalue weighted by Crippen LogP contribution is -2.47. The van der Waals surface area contributed by atoms with Crippen LogP contribution in [-0.2, 0) is 23.1 Å². The molecule has 0 bridgehead atoms. The van der Waals surface area contributed by atoms with Crippen LogP contribution < -0.4 is 0 Å². The molecule has 0 spiro atoms. The van der Waals surface area contributed by atoms with E-state index in [-0.39, 0.29) is 19.4 Å². The van der Waals surface area contributed by atoms with E-state index >= 15 is 0 Å². The predicted octanol–water partition coefficient (Wildman–Crippen LogP) is 2.40. The molecule has 0 aliphatic heterocycles. The van der Waals surface area contributed by atoms with Gasteiger partial charge in [-0.3, -0.25) is 4.57 Å². The zero-order valence-electron chi connectivity index (χ0n) is 12.5. The predicted molar refractivity (Wildman–Crippen MR) is 73.4 cm³/mol. The Bertz CT molecular complexity index is 267. The number of rotatable bonds is 11. The molecule has 1 atom stereocenters. The highest BCUT2D eigenvalue weighted by Gasteiger charge is 2.40. The molecule has 19 heavy (non-hydrogen) atoms. The van der Waals surface area contributed by atoms with Gasteiger partial charge in [-0.2, -0.15) is 0 Å². The van der Waals surface area contributed by atoms with Crippen LogP contribution in [0.4, 0.5) is 0 Å². The van der Waals surface area contributed by atoms with Crippen LogP contribution in [0.5, 0.6) is 0 Å². The van der Waals surface area contributed by atoms with Gasteiger partial charge in [-0.1, -0.05) is 0 Å². The van der Waals surface area contributed by atoms with E-state index in [1.165, 1.54) is 0 Å². The van der Waals surface area contributed by atoms with Gasteiger partial charge in [-0.05, 0) is 34.6 Å². The molecular formula is C12H27O6P. The van der Waals surface area contributed by atoms with Gasteiger partial charge in [-0.25, -0.2) is 0 Å². The fourth-order valence-electron chi connectivity index (χ4n) is 1.72. The standard InChI is InChI=1S/C12H27O6P/c1-6-15-12(5,16-7-2)11(13)10-19(14,17-8-3)18-9-4/h11,13H,6-10H2,1-5H3. The zero-order chi connectivity index (χ0) is 14.9. The van der Waals surface area contributed by atoms with Crippen molar-refractivity contribution in [2.24, 2.45) is 0 Å². The average Bonchev–Trinajstić information content (AvgIpc) is 2.29. The topological polar surface area (TPSA) is 74.2 Å². The summed E-state index contributed by atoms with van der Waals surface area (Å²) in [6.45, 7) is 9.93. The molecule has 0 heterocycles. The fraction of sp³-hybridized carbons (Fsp3) is 1.00. The highest BCUT2D eigenvalue weighted by atomic mass is 31.2. The molecule has 0 amide bonds. The molecule has 116 valence electrons. The second kappa shape index (κ2) is 9.06. The first-order valence-electron chi connectivity index (χ1n) is 6.71. The van der Waals surface area contributed by atoms with Crippen molar-refractivity contribution in [3.05, 3.63) is 0 Å². The van der Waals surface area contributed by atoms with E-state index in [2.05, 4.69) is 0 Å². The molecular weight excluding hydrogens is 271 g/mol. The van der Waals surface area contributed by atoms with Crippen molar-refractivity contribution in [1.82, 2.24) is 0 Å². The lowest BCUT2D eigenvalue weighted by atomic mass is 10.2. The number of ether oxygens (including phenoxy) is 2. The average molecular weight is 298 g/mol. The highest BCUT2D eigenvalue weighted by Crippen LogP contribution is 2.49. The van der Waals surface area contributed by atoms with Crippen molar-refractivity contribution in [3.8, 4) is 0 Å². The van der Waals surface area contributed by atoms with E-state index in [4.69, 9.17) is 18.5 Å². The maximum Gasteiger partial charge on any atom is 0.333 e. The number of hydrogen-bond donors (Lipinski definition) is 1. The number of hydrogen-bond acceptors (Lipinski definition) is 6. The molecule has 0 rings (SSSR count). The first-order valence-corrected chi connectivity index (χ1v) is 8.44. The number of aliphatic hydroxyl groups excluding tert-OH is 1. The van der Waals surface area contributed by atoms with Crippen molar-refractivity contribution in [2.45, 2.75) is 46.5 Å². The molecule has 1 unspecified atom stereocenters. The maximum atomic E-state index is 12.4. The van der Waals surface area contributed by atoms with Crippen LogP contribution >= 0.6 is 7.60 Å². The summed E-state index contributed by atoms with van der Waals surface area (Å²) in [5.74, 6) is -1.21. The molecule has 0 aliphatic rings. The Morgan fingerprint density at radius 3 is 1.74 bits per heavy atom. The van der Waals surface area contributed by atoms with Gasteiger partial charge in [0.2, 0.25) is 0 Å². The van der Waals surface area contributed by atoms with Crippen molar-refractivity contribution in [1.29, 1.82) is 0 Å². The Hall–Kier alpha value is 0.0300. The molecule has 0 radical (unpaired) electrons. The van der Waals surface area contributed by atoms with Crippen LogP contribution in [0.2, 0.25) is 0 Å². The Labute approximate surface area is 115 Å². The molecule has 0 aliphatic carbocycles. The summed E-state index contributed by atoms with van der Waals surface area (Å²) < 4.78 is 33.5. The quantitative estimate of drug-likeness (QED) is 0.466. The fourth-order valence-corrected chi connectivity index (χ4v) is 3.55. The number of aliphatic hydroxyl groups is 1. The van der Waals surface area contributed by atoms with Crippen molar-refractivity contribution in [2.75, 3.05) is 32.6 Å². The molecule has 0 fully saturated rings. The second-order valence-electron chi connectivity index (χ2n) is 4.03. The minimum Gasteiger partial charge on any atom is -0.387 e. The molecule has 0 saturated carbocycles. The summed E-state index contributed by atoms with van der Waals surface area (Å²) in [7, 11) is -3.33. The van der Waals surface area contributed by atoms with Gasteiger partial charge in [0, 0.05) is 13.2 Å². The summed E-state index contributed by atoms with van der Waals surface area (Å²) in [4.78, 5) is 0. The van der Waals surface area contributed by atoms with E-state index < -0.39 is 19.5 Å². The van der Waals surface area contributed by atoms with E-state index in [9.17, 15) is 9.67 Å². The summed E-state index contributed by atoms with van der Waals surface area (Å²) in [5.41, 5.74) is 0. The molecule has 0 saturated heterocycles. The minimum absolute atomic E-state index is 0.162. The van der Waals surface area contributed by atoms with Crippen LogP contribution in [0.25, 0.3) is 0 Å². The third-order valence-corrected chi connectivity index (χ3v) is 4.61. The summed E-state index contributed by atoms with van der Waals surface area (Å²) in [5, 5.41) is 10.2. The Balaban J connectivity index is 4.84. The van der Waals surface area contributed by atoms with Crippen LogP contribution in [-0.4, -0.2) is 49.6 Å². The second-order valence-corrected chi connectivity index (χ2v) is 6.13. The summed E-state index contributed by atoms with van der Waals surface area (Å²) >= 11 is 0. The van der Waals surface area contributed by atoms with Gasteiger partial charge < -0.3 is 23.6 Å². The molecule has 0 aromatic heterocycles. The first-order chi connectivity index (χ1) is 8.87. The lowest BCUT2D eigenvalue weighted by molar-refractivity contribution is -0.264. The molecule has 0 aromatic rings. The summed E-state index contributed by atoms with van der Waals surface area (Å²) in [6.07, 6.45) is -1.26. The third kappa shape index (κ3) is 6.34. The summed E-state index contributed by atoms with van der Waals surface area (Å²) in [6, 6.07) is 0. The third-order valence-electron chi connectivity index (χ3n) is 2.52. The van der Waals surface area contributed by atoms with Crippen molar-refractivity contribution < 1.29 is 28.2 Å². The van der Waals surface area contributed by atoms with E-state index in [0.29, 0.717) is 13.2 Å². The Morgan fingerprint density at radius 2 is 1.42 bits per heavy atom. The van der Waals surface area contributed by atoms with E-state index in [0.717, 1.165) is 0 Å². The van der Waals surface area contributed by atoms with Gasteiger partial charge in [0.05, 0.1) is 19.4 Å². The van der Waals surface area contributed by atoms with Crippen LogP contribution in [0.1, 0.15) is 34.6 Å². The van der Waals surface area contributed by atoms with Gasteiger partial charge in [-0.15, -0.1) is 0 Å². The SMILES string of the molecule is CCOC(C)(OCC)C(O)CP(=O)(OCC)OCC. The highest BCUT2D eigenvalue weighted by molar-refractivity contribution is 7.53. The van der Waals surface area contributed by atoms with E-state index in [1.54, 1.807) is 34.6 Å². The van der Waals surface area contributed by atoms with Gasteiger partial charge in [0.25, 0.3) is 0 Å². The normalized spacial score (nSPS) is 14.6. The molecule has 1 N–H and O–H groups in total. The monoisotopic (exact) mass is 298 g/mol. The molecule has 6 nitrogen and oxygen atoms in total. The van der Waals surface area contributed by atoms with E-state index in [1.807, 2.05) is 0 Å². The Kier molecular flexibility index (Phi) is 9.07. The van der Waals surface area contributed by atoms with Gasteiger partial charge >= 0.3 is 7.60 Å². The maximum absolute atomic E-state index is 12.4. The largest absolute Gasteiger partial charge is 0.387 e. The lowest BCUT2D eigenvalue weighted by Gasteiger charge is -2.34. The van der Waals surface area contributed by atoms with Gasteiger partial charge in [0.1, 0.15) is 6.10 Å². The van der Waals surface area contributed by atoms with Crippen LogP contribution in [0.15, 0.2) is 0 Å². The zero-order valence-corrected chi connectivity index (χ0v) is 13.4. The van der Waals surface area contributed by atoms with Crippen molar-refractivity contribution >= 4 is 7.60 Å². The van der Waals surface area contributed by atoms with Crippen LogP contribution in [0.3, 0.4) is 0 Å². The van der Waals surface area contributed by atoms with Crippen molar-refractivity contribution in [3.63, 3.8) is 0 Å². The smallest absolute Gasteiger partial charge is 0.333 e. The van der Waals surface area contributed by atoms with Crippen LogP contribution in [0, 0.1) is 0 Å². The van der Waals surface area contributed by atoms with Gasteiger partial charge in [0.15, 0.2) is 5.79 Å².